The summed E-state index contributed by atoms with van der Waals surface area (Å²) in [6.45, 7) is 5.25. The molecule has 0 spiro atoms. The van der Waals surface area contributed by atoms with Crippen LogP contribution in [0.15, 0.2) is 18.2 Å². The summed E-state index contributed by atoms with van der Waals surface area (Å²) in [4.78, 5) is 47.0. The van der Waals surface area contributed by atoms with Crippen molar-refractivity contribution < 1.29 is 52.3 Å². The SMILES string of the molecule is CCCOC(=O)Oc1ccc(C[C@H](N)C(=O)O[C@@H](C)COC(=O)OC)cc1OC(=O)OCCC. The largest absolute Gasteiger partial charge is 0.513 e. The Kier molecular flexibility index (Phi) is 12.8. The van der Waals surface area contributed by atoms with Crippen LogP contribution in [0.4, 0.5) is 14.4 Å². The molecular formula is C22H31NO11. The van der Waals surface area contributed by atoms with Gasteiger partial charge in [-0.2, -0.15) is 0 Å². The molecule has 0 aliphatic rings. The summed E-state index contributed by atoms with van der Waals surface area (Å²) in [5, 5.41) is 0. The van der Waals surface area contributed by atoms with Crippen LogP contribution in [-0.4, -0.2) is 63.5 Å². The molecule has 34 heavy (non-hydrogen) atoms. The number of carbonyl (C=O) groups is 4. The lowest BCUT2D eigenvalue weighted by Gasteiger charge is -2.17. The number of rotatable bonds is 12. The van der Waals surface area contributed by atoms with Gasteiger partial charge in [-0.05, 0) is 43.9 Å². The van der Waals surface area contributed by atoms with E-state index in [1.807, 2.05) is 13.8 Å². The maximum absolute atomic E-state index is 12.3. The fraction of sp³-hybridized carbons (Fsp3) is 0.545. The van der Waals surface area contributed by atoms with Crippen molar-refractivity contribution >= 4 is 24.4 Å². The van der Waals surface area contributed by atoms with E-state index in [-0.39, 0.29) is 37.7 Å². The summed E-state index contributed by atoms with van der Waals surface area (Å²) in [7, 11) is 1.15. The van der Waals surface area contributed by atoms with Gasteiger partial charge in [-0.3, -0.25) is 4.79 Å². The summed E-state index contributed by atoms with van der Waals surface area (Å²) in [6.07, 6.45) is -2.43. The van der Waals surface area contributed by atoms with E-state index in [0.29, 0.717) is 18.4 Å². The molecule has 2 N–H and O–H groups in total. The van der Waals surface area contributed by atoms with E-state index >= 15 is 0 Å². The number of carbonyl (C=O) groups excluding carboxylic acids is 4. The standard InChI is InChI=1S/C22H31NO11/c1-5-9-29-21(26)33-17-8-7-15(12-18(17)34-22(27)30-10-6-2)11-16(23)19(24)32-14(3)13-31-20(25)28-4/h7-8,12,14,16H,5-6,9-11,13,23H2,1-4H3/t14-,16-/m0/s1. The molecule has 0 bridgehead atoms. The summed E-state index contributed by atoms with van der Waals surface area (Å²) in [5.41, 5.74) is 6.41. The highest BCUT2D eigenvalue weighted by atomic mass is 16.7. The third-order valence-electron chi connectivity index (χ3n) is 3.92. The van der Waals surface area contributed by atoms with Crippen LogP contribution in [0.25, 0.3) is 0 Å². The average Bonchev–Trinajstić information content (AvgIpc) is 2.81. The molecular weight excluding hydrogens is 454 g/mol. The first-order chi connectivity index (χ1) is 16.2. The number of ether oxygens (including phenoxy) is 7. The fourth-order valence-electron chi connectivity index (χ4n) is 2.35. The second kappa shape index (κ2) is 15.3. The molecule has 1 aromatic carbocycles. The smallest absolute Gasteiger partial charge is 0.458 e. The minimum atomic E-state index is -1.08. The van der Waals surface area contributed by atoms with Gasteiger partial charge in [-0.25, -0.2) is 14.4 Å². The summed E-state index contributed by atoms with van der Waals surface area (Å²) in [6, 6.07) is 3.20. The number of methoxy groups -OCH3 is 1. The fourth-order valence-corrected chi connectivity index (χ4v) is 2.35. The van der Waals surface area contributed by atoms with E-state index < -0.39 is 36.6 Å². The van der Waals surface area contributed by atoms with Crippen molar-refractivity contribution in [1.29, 1.82) is 0 Å². The van der Waals surface area contributed by atoms with E-state index in [1.54, 1.807) is 0 Å². The first-order valence-corrected chi connectivity index (χ1v) is 10.7. The van der Waals surface area contributed by atoms with Gasteiger partial charge in [0.15, 0.2) is 11.5 Å². The Hall–Kier alpha value is -3.54. The highest BCUT2D eigenvalue weighted by Crippen LogP contribution is 2.30. The van der Waals surface area contributed by atoms with Gasteiger partial charge in [0.1, 0.15) is 18.8 Å². The molecule has 0 aliphatic heterocycles. The Morgan fingerprint density at radius 2 is 1.47 bits per heavy atom. The van der Waals surface area contributed by atoms with E-state index in [9.17, 15) is 19.2 Å². The van der Waals surface area contributed by atoms with Crippen molar-refractivity contribution in [3.8, 4) is 11.5 Å². The molecule has 0 saturated heterocycles. The molecule has 0 saturated carbocycles. The number of nitrogens with two attached hydrogens (primary N) is 1. The van der Waals surface area contributed by atoms with Crippen molar-refractivity contribution in [2.24, 2.45) is 5.73 Å². The third kappa shape index (κ3) is 10.9. The topological polar surface area (TPSA) is 159 Å². The van der Waals surface area contributed by atoms with Gasteiger partial charge in [0.2, 0.25) is 0 Å². The van der Waals surface area contributed by atoms with Crippen LogP contribution in [0.3, 0.4) is 0 Å². The van der Waals surface area contributed by atoms with E-state index in [2.05, 4.69) is 4.74 Å². The zero-order chi connectivity index (χ0) is 25.5. The van der Waals surface area contributed by atoms with Crippen LogP contribution < -0.4 is 15.2 Å². The number of hydrogen-bond donors (Lipinski definition) is 1. The molecule has 0 heterocycles. The molecule has 0 unspecified atom stereocenters. The molecule has 0 aromatic heterocycles. The van der Waals surface area contributed by atoms with Gasteiger partial charge in [0, 0.05) is 0 Å². The van der Waals surface area contributed by atoms with Crippen molar-refractivity contribution in [2.75, 3.05) is 26.9 Å². The first-order valence-electron chi connectivity index (χ1n) is 10.7. The van der Waals surface area contributed by atoms with Crippen LogP contribution in [0.1, 0.15) is 39.2 Å². The molecule has 0 radical (unpaired) electrons. The highest BCUT2D eigenvalue weighted by molar-refractivity contribution is 5.76. The molecule has 2 atom stereocenters. The van der Waals surface area contributed by atoms with Gasteiger partial charge in [-0.1, -0.05) is 19.9 Å². The Labute approximate surface area is 197 Å². The Bertz CT molecular complexity index is 827. The van der Waals surface area contributed by atoms with Crippen LogP contribution in [-0.2, 0) is 34.9 Å². The van der Waals surface area contributed by atoms with Gasteiger partial charge >= 0.3 is 24.4 Å². The van der Waals surface area contributed by atoms with Gasteiger partial charge in [0.25, 0.3) is 0 Å². The highest BCUT2D eigenvalue weighted by Gasteiger charge is 2.22. The quantitative estimate of drug-likeness (QED) is 0.262. The predicted octanol–water partition coefficient (Wildman–Crippen LogP) is 3.12. The lowest BCUT2D eigenvalue weighted by Crippen LogP contribution is -2.37. The minimum Gasteiger partial charge on any atom is -0.458 e. The maximum atomic E-state index is 12.3. The summed E-state index contributed by atoms with van der Waals surface area (Å²) < 4.78 is 34.2. The lowest BCUT2D eigenvalue weighted by molar-refractivity contribution is -0.152. The zero-order valence-electron chi connectivity index (χ0n) is 19.7. The molecule has 0 aliphatic carbocycles. The average molecular weight is 485 g/mol. The predicted molar refractivity (Wildman–Crippen MR) is 117 cm³/mol. The van der Waals surface area contributed by atoms with E-state index in [1.165, 1.54) is 25.1 Å². The molecule has 1 aromatic rings. The van der Waals surface area contributed by atoms with Crippen LogP contribution in [0.2, 0.25) is 0 Å². The zero-order valence-corrected chi connectivity index (χ0v) is 19.7. The van der Waals surface area contributed by atoms with Crippen molar-refractivity contribution in [3.63, 3.8) is 0 Å². The van der Waals surface area contributed by atoms with E-state index in [4.69, 9.17) is 34.2 Å². The number of hydrogen-bond acceptors (Lipinski definition) is 12. The van der Waals surface area contributed by atoms with Crippen LogP contribution in [0, 0.1) is 0 Å². The van der Waals surface area contributed by atoms with Gasteiger partial charge < -0.3 is 38.9 Å². The summed E-state index contributed by atoms with van der Waals surface area (Å²) >= 11 is 0. The normalized spacial score (nSPS) is 12.0. The molecule has 1 rings (SSSR count). The minimum absolute atomic E-state index is 0.00431. The number of esters is 1. The summed E-state index contributed by atoms with van der Waals surface area (Å²) in [5.74, 6) is -0.940. The maximum Gasteiger partial charge on any atom is 0.513 e. The van der Waals surface area contributed by atoms with Crippen molar-refractivity contribution in [2.45, 2.75) is 52.2 Å². The van der Waals surface area contributed by atoms with Crippen molar-refractivity contribution in [3.05, 3.63) is 23.8 Å². The molecule has 0 fully saturated rings. The van der Waals surface area contributed by atoms with Gasteiger partial charge in [-0.15, -0.1) is 0 Å². The van der Waals surface area contributed by atoms with Crippen molar-refractivity contribution in [1.82, 2.24) is 0 Å². The number of benzene rings is 1. The van der Waals surface area contributed by atoms with Crippen LogP contribution >= 0.6 is 0 Å². The Morgan fingerprint density at radius 1 is 0.882 bits per heavy atom. The monoisotopic (exact) mass is 485 g/mol. The first kappa shape index (κ1) is 28.5. The lowest BCUT2D eigenvalue weighted by atomic mass is 10.1. The van der Waals surface area contributed by atoms with Gasteiger partial charge in [0.05, 0.1) is 20.3 Å². The molecule has 0 amide bonds. The second-order valence-electron chi connectivity index (χ2n) is 7.01. The Morgan fingerprint density at radius 3 is 2.03 bits per heavy atom. The van der Waals surface area contributed by atoms with Crippen LogP contribution in [0.5, 0.6) is 11.5 Å². The molecule has 190 valence electrons. The Balaban J connectivity index is 2.87. The third-order valence-corrected chi connectivity index (χ3v) is 3.92. The molecule has 12 heteroatoms. The molecule has 12 nitrogen and oxygen atoms in total. The second-order valence-corrected chi connectivity index (χ2v) is 7.01. The van der Waals surface area contributed by atoms with E-state index in [0.717, 1.165) is 7.11 Å².